The van der Waals surface area contributed by atoms with Gasteiger partial charge in [-0.3, -0.25) is 4.57 Å². The molecule has 0 saturated heterocycles. The number of carbonyl (C=O) groups excluding carboxylic acids is 1. The van der Waals surface area contributed by atoms with E-state index in [9.17, 15) is 4.79 Å². The summed E-state index contributed by atoms with van der Waals surface area (Å²) in [6.45, 7) is 1.94. The van der Waals surface area contributed by atoms with Gasteiger partial charge < -0.3 is 10.6 Å². The van der Waals surface area contributed by atoms with E-state index in [-0.39, 0.29) is 6.03 Å². The summed E-state index contributed by atoms with van der Waals surface area (Å²) in [6.07, 6.45) is 6.96. The van der Waals surface area contributed by atoms with Crippen molar-refractivity contribution in [3.05, 3.63) is 72.6 Å². The minimum atomic E-state index is -0.153. The van der Waals surface area contributed by atoms with Gasteiger partial charge in [-0.1, -0.05) is 42.5 Å². The van der Waals surface area contributed by atoms with E-state index in [1.807, 2.05) is 48.8 Å². The first kappa shape index (κ1) is 14.7. The lowest BCUT2D eigenvalue weighted by Gasteiger charge is -2.14. The van der Waals surface area contributed by atoms with Crippen LogP contribution in [0.3, 0.4) is 0 Å². The van der Waals surface area contributed by atoms with Crippen LogP contribution in [0.15, 0.2) is 67.0 Å². The zero-order chi connectivity index (χ0) is 16.4. The molecule has 1 aliphatic heterocycles. The minimum absolute atomic E-state index is 0.153. The number of carbonyl (C=O) groups is 1. The summed E-state index contributed by atoms with van der Waals surface area (Å²) >= 11 is 0. The van der Waals surface area contributed by atoms with Gasteiger partial charge in [-0.05, 0) is 47.0 Å². The minimum Gasteiger partial charge on any atom is -0.313 e. The summed E-state index contributed by atoms with van der Waals surface area (Å²) in [5.74, 6) is 0. The van der Waals surface area contributed by atoms with Crippen molar-refractivity contribution in [1.29, 1.82) is 0 Å². The van der Waals surface area contributed by atoms with Crippen molar-refractivity contribution in [2.75, 3.05) is 18.4 Å². The summed E-state index contributed by atoms with van der Waals surface area (Å²) in [7, 11) is 0. The van der Waals surface area contributed by atoms with E-state index >= 15 is 0 Å². The van der Waals surface area contributed by atoms with Crippen LogP contribution in [0.2, 0.25) is 0 Å². The number of anilines is 1. The molecular formula is C20H19N3O. The van der Waals surface area contributed by atoms with Crippen LogP contribution < -0.4 is 10.6 Å². The van der Waals surface area contributed by atoms with Gasteiger partial charge in [-0.15, -0.1) is 0 Å². The second-order valence-electron chi connectivity index (χ2n) is 5.99. The van der Waals surface area contributed by atoms with Crippen LogP contribution in [-0.2, 0) is 0 Å². The van der Waals surface area contributed by atoms with E-state index in [1.54, 1.807) is 4.57 Å². The van der Waals surface area contributed by atoms with Crippen LogP contribution >= 0.6 is 0 Å². The van der Waals surface area contributed by atoms with Gasteiger partial charge in [0.25, 0.3) is 0 Å². The Hall–Kier alpha value is -2.85. The zero-order valence-corrected chi connectivity index (χ0v) is 13.3. The molecule has 0 spiro atoms. The molecule has 2 heterocycles. The van der Waals surface area contributed by atoms with Gasteiger partial charge in [-0.25, -0.2) is 4.79 Å². The van der Waals surface area contributed by atoms with Crippen LogP contribution in [-0.4, -0.2) is 23.7 Å². The molecule has 120 valence electrons. The second kappa shape index (κ2) is 6.34. The Morgan fingerprint density at radius 3 is 2.33 bits per heavy atom. The van der Waals surface area contributed by atoms with Crippen LogP contribution in [0, 0.1) is 0 Å². The normalized spacial score (nSPS) is 14.4. The van der Waals surface area contributed by atoms with Gasteiger partial charge in [0, 0.05) is 24.6 Å². The van der Waals surface area contributed by atoms with Crippen LogP contribution in [0.1, 0.15) is 12.0 Å². The number of hydrogen-bond acceptors (Lipinski definition) is 2. The molecule has 4 nitrogen and oxygen atoms in total. The maximum atomic E-state index is 12.4. The molecule has 0 radical (unpaired) electrons. The van der Waals surface area contributed by atoms with Gasteiger partial charge in [0.1, 0.15) is 0 Å². The number of rotatable bonds is 2. The number of nitrogens with zero attached hydrogens (tertiary/aromatic N) is 1. The summed E-state index contributed by atoms with van der Waals surface area (Å²) in [5.41, 5.74) is 3.39. The van der Waals surface area contributed by atoms with Crippen LogP contribution in [0.4, 0.5) is 10.5 Å². The lowest BCUT2D eigenvalue weighted by Crippen LogP contribution is -2.20. The van der Waals surface area contributed by atoms with Crippen LogP contribution in [0.5, 0.6) is 0 Å². The fourth-order valence-corrected chi connectivity index (χ4v) is 3.04. The Labute approximate surface area is 140 Å². The molecule has 4 rings (SSSR count). The monoisotopic (exact) mass is 317 g/mol. The molecule has 0 bridgehead atoms. The first-order valence-corrected chi connectivity index (χ1v) is 8.18. The fraction of sp³-hybridized carbons (Fsp3) is 0.150. The molecule has 3 aromatic rings. The van der Waals surface area contributed by atoms with Crippen molar-refractivity contribution in [1.82, 2.24) is 9.88 Å². The van der Waals surface area contributed by atoms with Crippen LogP contribution in [0.25, 0.3) is 16.3 Å². The molecular weight excluding hydrogens is 298 g/mol. The summed E-state index contributed by atoms with van der Waals surface area (Å²) in [4.78, 5) is 12.4. The lowest BCUT2D eigenvalue weighted by molar-refractivity contribution is 0.253. The zero-order valence-electron chi connectivity index (χ0n) is 13.3. The highest BCUT2D eigenvalue weighted by atomic mass is 16.2. The number of hydrogen-bond donors (Lipinski definition) is 2. The predicted octanol–water partition coefficient (Wildman–Crippen LogP) is 4.10. The van der Waals surface area contributed by atoms with E-state index in [2.05, 4.69) is 28.8 Å². The Balaban J connectivity index is 1.50. The Kier molecular flexibility index (Phi) is 3.89. The number of fused-ring (bicyclic) bond motifs is 1. The molecule has 2 N–H and O–H groups in total. The van der Waals surface area contributed by atoms with E-state index in [0.29, 0.717) is 0 Å². The first-order valence-electron chi connectivity index (χ1n) is 8.18. The molecule has 0 fully saturated rings. The Morgan fingerprint density at radius 1 is 1.00 bits per heavy atom. The van der Waals surface area contributed by atoms with Gasteiger partial charge in [0.15, 0.2) is 0 Å². The molecule has 4 heteroatoms. The number of nitrogens with one attached hydrogen (secondary N) is 2. The van der Waals surface area contributed by atoms with Crippen molar-refractivity contribution >= 4 is 28.1 Å². The SMILES string of the molecule is O=C(Nc1ccc(C2=CCNCC2)cc1)n1cc2ccccc2c1. The van der Waals surface area contributed by atoms with Gasteiger partial charge in [0.2, 0.25) is 0 Å². The van der Waals surface area contributed by atoms with Gasteiger partial charge >= 0.3 is 6.03 Å². The standard InChI is InChI=1S/C20H19N3O/c24-20(23-13-17-3-1-2-4-18(17)14-23)22-19-7-5-15(6-8-19)16-9-11-21-12-10-16/h1-9,13-14,21H,10-12H2,(H,22,24). The highest BCUT2D eigenvalue weighted by Gasteiger charge is 2.08. The largest absolute Gasteiger partial charge is 0.329 e. The van der Waals surface area contributed by atoms with E-state index < -0.39 is 0 Å². The van der Waals surface area contributed by atoms with E-state index in [0.717, 1.165) is 36.0 Å². The van der Waals surface area contributed by atoms with Gasteiger partial charge in [-0.2, -0.15) is 0 Å². The van der Waals surface area contributed by atoms with Crippen molar-refractivity contribution in [3.63, 3.8) is 0 Å². The molecule has 0 unspecified atom stereocenters. The quantitative estimate of drug-likeness (QED) is 0.747. The second-order valence-corrected chi connectivity index (χ2v) is 5.99. The average Bonchev–Trinajstić information content (AvgIpc) is 3.07. The third kappa shape index (κ3) is 2.96. The maximum Gasteiger partial charge on any atom is 0.329 e. The van der Waals surface area contributed by atoms with Crippen molar-refractivity contribution < 1.29 is 4.79 Å². The van der Waals surface area contributed by atoms with Gasteiger partial charge in [0.05, 0.1) is 0 Å². The topological polar surface area (TPSA) is 46.1 Å². The number of amides is 1. The molecule has 1 amide bonds. The van der Waals surface area contributed by atoms with E-state index in [1.165, 1.54) is 11.1 Å². The highest BCUT2D eigenvalue weighted by Crippen LogP contribution is 2.22. The molecule has 0 atom stereocenters. The molecule has 1 aliphatic rings. The fourth-order valence-electron chi connectivity index (χ4n) is 3.04. The van der Waals surface area contributed by atoms with E-state index in [4.69, 9.17) is 0 Å². The van der Waals surface area contributed by atoms with Crippen molar-refractivity contribution in [2.24, 2.45) is 0 Å². The van der Waals surface area contributed by atoms with Crippen molar-refractivity contribution in [3.8, 4) is 0 Å². The molecule has 0 aliphatic carbocycles. The van der Waals surface area contributed by atoms with Crippen molar-refractivity contribution in [2.45, 2.75) is 6.42 Å². The number of benzene rings is 2. The third-order valence-electron chi connectivity index (χ3n) is 4.36. The molecule has 24 heavy (non-hydrogen) atoms. The number of aromatic nitrogens is 1. The Bertz CT molecular complexity index is 873. The molecule has 0 saturated carbocycles. The summed E-state index contributed by atoms with van der Waals surface area (Å²) in [6, 6.07) is 15.8. The summed E-state index contributed by atoms with van der Waals surface area (Å²) < 4.78 is 1.59. The maximum absolute atomic E-state index is 12.4. The first-order chi connectivity index (χ1) is 11.8. The predicted molar refractivity (Wildman–Crippen MR) is 98.3 cm³/mol. The highest BCUT2D eigenvalue weighted by molar-refractivity contribution is 5.95. The molecule has 2 aromatic carbocycles. The smallest absolute Gasteiger partial charge is 0.313 e. The third-order valence-corrected chi connectivity index (χ3v) is 4.36. The summed E-state index contributed by atoms with van der Waals surface area (Å²) in [5, 5.41) is 8.37. The molecule has 1 aromatic heterocycles. The lowest BCUT2D eigenvalue weighted by atomic mass is 10.0. The Morgan fingerprint density at radius 2 is 1.71 bits per heavy atom. The average molecular weight is 317 g/mol.